The molecule has 0 aromatic heterocycles. The van der Waals surface area contributed by atoms with Gasteiger partial charge in [0.2, 0.25) is 0 Å². The van der Waals surface area contributed by atoms with E-state index in [9.17, 15) is 4.79 Å². The zero-order chi connectivity index (χ0) is 24.5. The van der Waals surface area contributed by atoms with Crippen molar-refractivity contribution in [1.29, 1.82) is 0 Å². The Morgan fingerprint density at radius 1 is 0.861 bits per heavy atom. The van der Waals surface area contributed by atoms with Gasteiger partial charge in [0, 0.05) is 11.1 Å². The summed E-state index contributed by atoms with van der Waals surface area (Å²) in [7, 11) is 0. The van der Waals surface area contributed by atoms with Crippen LogP contribution in [0.4, 0.5) is 0 Å². The number of carbonyl (C=O) groups is 1. The van der Waals surface area contributed by atoms with E-state index in [1.54, 1.807) is 0 Å². The van der Waals surface area contributed by atoms with Crippen molar-refractivity contribution < 1.29 is 9.53 Å². The molecule has 1 amide bonds. The Hall–Kier alpha value is -3.85. The smallest absolute Gasteiger partial charge is 0.254 e. The maximum Gasteiger partial charge on any atom is 0.254 e. The first-order valence-corrected chi connectivity index (χ1v) is 12.9. The summed E-state index contributed by atoms with van der Waals surface area (Å²) in [5.41, 5.74) is 6.88. The minimum absolute atomic E-state index is 0.00478. The fraction of sp³-hybridized carbons (Fsp3) is 0.242. The molecular formula is C33H31NO2. The number of ether oxygens (including phenoxy) is 1. The highest BCUT2D eigenvalue weighted by Gasteiger charge is 2.55. The van der Waals surface area contributed by atoms with Crippen LogP contribution in [0.3, 0.4) is 0 Å². The summed E-state index contributed by atoms with van der Waals surface area (Å²) in [6.45, 7) is 2.66. The minimum Gasteiger partial charge on any atom is -0.489 e. The van der Waals surface area contributed by atoms with Crippen molar-refractivity contribution in [2.45, 2.75) is 50.8 Å². The molecule has 3 heteroatoms. The maximum absolute atomic E-state index is 13.9. The number of fused-ring (bicyclic) bond motifs is 1. The van der Waals surface area contributed by atoms with Crippen LogP contribution in [0.2, 0.25) is 0 Å². The van der Waals surface area contributed by atoms with Crippen molar-refractivity contribution in [3.05, 3.63) is 137 Å². The third-order valence-corrected chi connectivity index (χ3v) is 7.68. The molecule has 4 aromatic rings. The SMILES string of the molecule is Cc1ccc(CC2c3ccc(OCc4ccccc4)cc3CC3(CC3)N2C(=O)c2ccccc2)cc1. The van der Waals surface area contributed by atoms with Crippen molar-refractivity contribution in [2.75, 3.05) is 0 Å². The van der Waals surface area contributed by atoms with Crippen LogP contribution in [-0.4, -0.2) is 16.3 Å². The average Bonchev–Trinajstić information content (AvgIpc) is 3.68. The van der Waals surface area contributed by atoms with Crippen molar-refractivity contribution in [3.8, 4) is 5.75 Å². The lowest BCUT2D eigenvalue weighted by Gasteiger charge is -2.44. The molecule has 2 aliphatic rings. The van der Waals surface area contributed by atoms with E-state index in [0.29, 0.717) is 6.61 Å². The van der Waals surface area contributed by atoms with Crippen molar-refractivity contribution >= 4 is 5.91 Å². The Bertz CT molecular complexity index is 1360. The maximum atomic E-state index is 13.9. The van der Waals surface area contributed by atoms with Crippen molar-refractivity contribution in [1.82, 2.24) is 4.90 Å². The number of benzene rings is 4. The van der Waals surface area contributed by atoms with Gasteiger partial charge in [-0.3, -0.25) is 4.79 Å². The zero-order valence-corrected chi connectivity index (χ0v) is 20.7. The highest BCUT2D eigenvalue weighted by atomic mass is 16.5. The quantitative estimate of drug-likeness (QED) is 0.299. The highest BCUT2D eigenvalue weighted by molar-refractivity contribution is 5.95. The van der Waals surface area contributed by atoms with Gasteiger partial charge in [0.15, 0.2) is 0 Å². The second kappa shape index (κ2) is 9.31. The predicted octanol–water partition coefficient (Wildman–Crippen LogP) is 7.09. The highest BCUT2D eigenvalue weighted by Crippen LogP contribution is 2.54. The van der Waals surface area contributed by atoms with Crippen LogP contribution >= 0.6 is 0 Å². The molecule has 1 heterocycles. The molecule has 0 saturated heterocycles. The Balaban J connectivity index is 1.36. The Morgan fingerprint density at radius 2 is 1.56 bits per heavy atom. The fourth-order valence-electron chi connectivity index (χ4n) is 5.59. The van der Waals surface area contributed by atoms with E-state index in [1.165, 1.54) is 22.3 Å². The molecule has 1 fully saturated rings. The van der Waals surface area contributed by atoms with Crippen LogP contribution < -0.4 is 4.74 Å². The van der Waals surface area contributed by atoms with E-state index in [4.69, 9.17) is 4.74 Å². The summed E-state index contributed by atoms with van der Waals surface area (Å²) < 4.78 is 6.18. The average molecular weight is 474 g/mol. The van der Waals surface area contributed by atoms with Gasteiger partial charge in [-0.05, 0) is 79.1 Å². The molecule has 36 heavy (non-hydrogen) atoms. The number of nitrogens with zero attached hydrogens (tertiary/aromatic N) is 1. The van der Waals surface area contributed by atoms with E-state index in [2.05, 4.69) is 66.4 Å². The molecule has 0 N–H and O–H groups in total. The van der Waals surface area contributed by atoms with E-state index >= 15 is 0 Å². The lowest BCUT2D eigenvalue weighted by molar-refractivity contribution is 0.0486. The number of hydrogen-bond acceptors (Lipinski definition) is 2. The lowest BCUT2D eigenvalue weighted by atomic mass is 9.83. The van der Waals surface area contributed by atoms with Gasteiger partial charge in [0.25, 0.3) is 5.91 Å². The van der Waals surface area contributed by atoms with Crippen LogP contribution in [0.1, 0.15) is 57.1 Å². The molecule has 0 bridgehead atoms. The molecule has 6 rings (SSSR count). The first-order chi connectivity index (χ1) is 17.6. The monoisotopic (exact) mass is 473 g/mol. The third-order valence-electron chi connectivity index (χ3n) is 7.68. The third kappa shape index (κ3) is 4.42. The van der Waals surface area contributed by atoms with Gasteiger partial charge < -0.3 is 9.64 Å². The number of hydrogen-bond donors (Lipinski definition) is 0. The molecule has 180 valence electrons. The van der Waals surface area contributed by atoms with Gasteiger partial charge in [-0.1, -0.05) is 84.4 Å². The van der Waals surface area contributed by atoms with Gasteiger partial charge in [0.1, 0.15) is 12.4 Å². The zero-order valence-electron chi connectivity index (χ0n) is 20.7. The van der Waals surface area contributed by atoms with E-state index in [1.807, 2.05) is 48.5 Å². The number of amides is 1. The summed E-state index contributed by atoms with van der Waals surface area (Å²) in [5, 5.41) is 0. The van der Waals surface area contributed by atoms with Crippen LogP contribution in [0.5, 0.6) is 5.75 Å². The van der Waals surface area contributed by atoms with E-state index in [0.717, 1.165) is 42.6 Å². The lowest BCUT2D eigenvalue weighted by Crippen LogP contribution is -2.50. The van der Waals surface area contributed by atoms with E-state index in [-0.39, 0.29) is 17.5 Å². The second-order valence-electron chi connectivity index (χ2n) is 10.3. The molecule has 1 aliphatic heterocycles. The molecule has 1 unspecified atom stereocenters. The van der Waals surface area contributed by atoms with E-state index < -0.39 is 0 Å². The molecule has 3 nitrogen and oxygen atoms in total. The Labute approximate surface area is 213 Å². The summed E-state index contributed by atoms with van der Waals surface area (Å²) in [6.07, 6.45) is 3.78. The first kappa shape index (κ1) is 22.6. The Kier molecular flexibility index (Phi) is 5.85. The molecule has 1 aliphatic carbocycles. The largest absolute Gasteiger partial charge is 0.489 e. The molecular weight excluding hydrogens is 442 g/mol. The summed E-state index contributed by atoms with van der Waals surface area (Å²) in [6, 6.07) is 35.2. The summed E-state index contributed by atoms with van der Waals surface area (Å²) in [5.74, 6) is 1.03. The van der Waals surface area contributed by atoms with Gasteiger partial charge in [-0.25, -0.2) is 0 Å². The van der Waals surface area contributed by atoms with Gasteiger partial charge in [-0.15, -0.1) is 0 Å². The number of rotatable bonds is 6. The number of aryl methyl sites for hydroxylation is 1. The van der Waals surface area contributed by atoms with Crippen LogP contribution in [0, 0.1) is 6.92 Å². The first-order valence-electron chi connectivity index (χ1n) is 12.9. The van der Waals surface area contributed by atoms with Gasteiger partial charge in [0.05, 0.1) is 6.04 Å². The minimum atomic E-state index is -0.104. The molecule has 0 radical (unpaired) electrons. The molecule has 4 aromatic carbocycles. The topological polar surface area (TPSA) is 29.5 Å². The molecule has 1 spiro atoms. The van der Waals surface area contributed by atoms with Gasteiger partial charge >= 0.3 is 0 Å². The summed E-state index contributed by atoms with van der Waals surface area (Å²) in [4.78, 5) is 16.2. The van der Waals surface area contributed by atoms with Crippen LogP contribution in [0.25, 0.3) is 0 Å². The Morgan fingerprint density at radius 3 is 2.25 bits per heavy atom. The van der Waals surface area contributed by atoms with Gasteiger partial charge in [-0.2, -0.15) is 0 Å². The number of carbonyl (C=O) groups excluding carboxylic acids is 1. The normalized spacial score (nSPS) is 17.5. The van der Waals surface area contributed by atoms with Crippen LogP contribution in [-0.2, 0) is 19.4 Å². The second-order valence-corrected chi connectivity index (χ2v) is 10.3. The molecule has 1 saturated carbocycles. The predicted molar refractivity (Wildman–Crippen MR) is 143 cm³/mol. The fourth-order valence-corrected chi connectivity index (χ4v) is 5.59. The standard InChI is InChI=1S/C33H31NO2/c1-24-12-14-25(15-13-24)20-31-30-17-16-29(36-23-26-8-4-2-5-9-26)21-28(30)22-33(18-19-33)34(31)32(35)27-10-6-3-7-11-27/h2-17,21,31H,18-20,22-23H2,1H3. The molecule has 1 atom stereocenters. The van der Waals surface area contributed by atoms with Crippen LogP contribution in [0.15, 0.2) is 103 Å². The summed E-state index contributed by atoms with van der Waals surface area (Å²) >= 11 is 0. The van der Waals surface area contributed by atoms with Crippen molar-refractivity contribution in [3.63, 3.8) is 0 Å². The van der Waals surface area contributed by atoms with Crippen molar-refractivity contribution in [2.24, 2.45) is 0 Å².